The second-order valence-electron chi connectivity index (χ2n) is 8.83. The Labute approximate surface area is 149 Å². The molecule has 5 heteroatoms. The van der Waals surface area contributed by atoms with Crippen LogP contribution in [-0.4, -0.2) is 30.4 Å². The van der Waals surface area contributed by atoms with Gasteiger partial charge in [-0.1, -0.05) is 32.9 Å². The summed E-state index contributed by atoms with van der Waals surface area (Å²) >= 11 is 0. The largest absolute Gasteiger partial charge is 0.481 e. The van der Waals surface area contributed by atoms with Crippen molar-refractivity contribution in [2.75, 3.05) is 7.11 Å². The van der Waals surface area contributed by atoms with Crippen LogP contribution in [0.4, 0.5) is 0 Å². The van der Waals surface area contributed by atoms with Gasteiger partial charge in [0.2, 0.25) is 0 Å². The molecule has 2 saturated carbocycles. The molecule has 5 atom stereocenters. The number of rotatable bonds is 4. The zero-order valence-electron chi connectivity index (χ0n) is 15.9. The fourth-order valence-electron chi connectivity index (χ4n) is 5.85. The molecule has 0 aliphatic heterocycles. The van der Waals surface area contributed by atoms with E-state index in [0.717, 1.165) is 11.9 Å². The summed E-state index contributed by atoms with van der Waals surface area (Å²) < 4.78 is 5.01. The van der Waals surface area contributed by atoms with E-state index >= 15 is 0 Å². The third-order valence-electron chi connectivity index (χ3n) is 7.14. The molecule has 0 aromatic carbocycles. The van der Waals surface area contributed by atoms with Crippen LogP contribution in [0.15, 0.2) is 12.2 Å². The van der Waals surface area contributed by atoms with E-state index in [2.05, 4.69) is 6.58 Å². The molecule has 2 aliphatic rings. The number of carboxylic acid groups (broad SMARTS) is 1. The van der Waals surface area contributed by atoms with Crippen molar-refractivity contribution in [1.82, 2.24) is 0 Å². The number of ether oxygens (including phenoxy) is 1. The Morgan fingerprint density at radius 1 is 1.32 bits per heavy atom. The number of carbonyl (C=O) groups excluding carboxylic acids is 2. The van der Waals surface area contributed by atoms with Gasteiger partial charge < -0.3 is 14.6 Å². The Hall–Kier alpha value is -1.65. The summed E-state index contributed by atoms with van der Waals surface area (Å²) in [6.45, 7) is 11.5. The van der Waals surface area contributed by atoms with Gasteiger partial charge in [0.1, 0.15) is 6.29 Å². The molecule has 0 radical (unpaired) electrons. The summed E-state index contributed by atoms with van der Waals surface area (Å²) in [6, 6.07) is 0. The molecule has 0 heterocycles. The molecule has 1 N–H and O–H groups in total. The number of hydrogen-bond donors (Lipinski definition) is 1. The average molecular weight is 350 g/mol. The van der Waals surface area contributed by atoms with Crippen molar-refractivity contribution in [3.8, 4) is 0 Å². The third kappa shape index (κ3) is 2.72. The van der Waals surface area contributed by atoms with Gasteiger partial charge in [-0.3, -0.25) is 9.59 Å². The van der Waals surface area contributed by atoms with Gasteiger partial charge in [0.25, 0.3) is 0 Å². The van der Waals surface area contributed by atoms with Crippen LogP contribution in [0, 0.1) is 34.0 Å². The molecule has 0 amide bonds. The Kier molecular flexibility index (Phi) is 4.92. The van der Waals surface area contributed by atoms with Crippen LogP contribution in [0.25, 0.3) is 0 Å². The number of esters is 1. The van der Waals surface area contributed by atoms with Gasteiger partial charge in [0.05, 0.1) is 18.4 Å². The van der Waals surface area contributed by atoms with Gasteiger partial charge >= 0.3 is 11.9 Å². The van der Waals surface area contributed by atoms with Crippen LogP contribution in [-0.2, 0) is 19.1 Å². The molecule has 0 aromatic heterocycles. The molecule has 0 saturated heterocycles. The van der Waals surface area contributed by atoms with Crippen LogP contribution in [0.5, 0.6) is 0 Å². The number of aldehydes is 1. The molecule has 0 bridgehead atoms. The molecule has 5 nitrogen and oxygen atoms in total. The van der Waals surface area contributed by atoms with Crippen molar-refractivity contribution in [1.29, 1.82) is 0 Å². The Bertz CT molecular complexity index is 599. The molecule has 2 rings (SSSR count). The maximum atomic E-state index is 12.5. The van der Waals surface area contributed by atoms with Crippen molar-refractivity contribution in [3.63, 3.8) is 0 Å². The van der Waals surface area contributed by atoms with Crippen LogP contribution >= 0.6 is 0 Å². The highest BCUT2D eigenvalue weighted by molar-refractivity contribution is 5.80. The Morgan fingerprint density at radius 2 is 1.92 bits per heavy atom. The first-order valence-corrected chi connectivity index (χ1v) is 8.92. The average Bonchev–Trinajstić information content (AvgIpc) is 2.53. The van der Waals surface area contributed by atoms with E-state index in [1.807, 2.05) is 20.8 Å². The minimum Gasteiger partial charge on any atom is -0.481 e. The SMILES string of the molecule is C=C1CCC2C(C)(CCC(C(C)(C)C=O)C2(C)C(=O)O)C1C(=O)OC. The predicted octanol–water partition coefficient (Wildman–Crippen LogP) is 3.47. The fourth-order valence-corrected chi connectivity index (χ4v) is 5.85. The van der Waals surface area contributed by atoms with Crippen molar-refractivity contribution < 1.29 is 24.2 Å². The fraction of sp³-hybridized carbons (Fsp3) is 0.750. The number of aliphatic carboxylic acids is 1. The first-order chi connectivity index (χ1) is 11.5. The number of fused-ring (bicyclic) bond motifs is 1. The first kappa shape index (κ1) is 19.7. The number of carbonyl (C=O) groups is 3. The topological polar surface area (TPSA) is 80.7 Å². The highest BCUT2D eigenvalue weighted by atomic mass is 16.5. The number of carboxylic acids is 1. The quantitative estimate of drug-likeness (QED) is 0.477. The lowest BCUT2D eigenvalue weighted by atomic mass is 9.42. The summed E-state index contributed by atoms with van der Waals surface area (Å²) in [7, 11) is 1.36. The molecule has 2 fully saturated rings. The highest BCUT2D eigenvalue weighted by Gasteiger charge is 2.65. The maximum absolute atomic E-state index is 12.5. The predicted molar refractivity (Wildman–Crippen MR) is 93.8 cm³/mol. The van der Waals surface area contributed by atoms with Crippen LogP contribution in [0.2, 0.25) is 0 Å². The van der Waals surface area contributed by atoms with Crippen LogP contribution < -0.4 is 0 Å². The highest BCUT2D eigenvalue weighted by Crippen LogP contribution is 2.65. The lowest BCUT2D eigenvalue weighted by Gasteiger charge is -2.60. The third-order valence-corrected chi connectivity index (χ3v) is 7.14. The molecular formula is C20H30O5. The first-order valence-electron chi connectivity index (χ1n) is 8.92. The minimum atomic E-state index is -1.08. The van der Waals surface area contributed by atoms with E-state index in [0.29, 0.717) is 25.7 Å². The minimum absolute atomic E-state index is 0.218. The van der Waals surface area contributed by atoms with Gasteiger partial charge in [0, 0.05) is 5.41 Å². The van der Waals surface area contributed by atoms with E-state index < -0.39 is 28.1 Å². The van der Waals surface area contributed by atoms with Crippen molar-refractivity contribution in [3.05, 3.63) is 12.2 Å². The lowest BCUT2D eigenvalue weighted by Crippen LogP contribution is -2.61. The Morgan fingerprint density at radius 3 is 2.40 bits per heavy atom. The molecule has 0 aromatic rings. The second-order valence-corrected chi connectivity index (χ2v) is 8.83. The summed E-state index contributed by atoms with van der Waals surface area (Å²) in [4.78, 5) is 36.6. The maximum Gasteiger partial charge on any atom is 0.313 e. The molecule has 25 heavy (non-hydrogen) atoms. The van der Waals surface area contributed by atoms with E-state index in [-0.39, 0.29) is 17.8 Å². The summed E-state index contributed by atoms with van der Waals surface area (Å²) in [5.41, 5.74) is -1.51. The molecule has 0 spiro atoms. The van der Waals surface area contributed by atoms with Gasteiger partial charge in [-0.2, -0.15) is 0 Å². The lowest BCUT2D eigenvalue weighted by molar-refractivity contribution is -0.187. The van der Waals surface area contributed by atoms with Gasteiger partial charge in [-0.25, -0.2) is 0 Å². The van der Waals surface area contributed by atoms with Gasteiger partial charge in [0.15, 0.2) is 0 Å². The van der Waals surface area contributed by atoms with Crippen molar-refractivity contribution in [2.45, 2.75) is 53.4 Å². The number of hydrogen-bond acceptors (Lipinski definition) is 4. The van der Waals surface area contributed by atoms with Crippen molar-refractivity contribution in [2.24, 2.45) is 34.0 Å². The van der Waals surface area contributed by atoms with Crippen molar-refractivity contribution >= 4 is 18.2 Å². The summed E-state index contributed by atoms with van der Waals surface area (Å²) in [5, 5.41) is 10.2. The number of methoxy groups -OCH3 is 1. The Balaban J connectivity index is 2.59. The van der Waals surface area contributed by atoms with Crippen LogP contribution in [0.3, 0.4) is 0 Å². The molecular weight excluding hydrogens is 320 g/mol. The summed E-state index contributed by atoms with van der Waals surface area (Å²) in [5.74, 6) is -2.21. The van der Waals surface area contributed by atoms with Gasteiger partial charge in [-0.15, -0.1) is 0 Å². The summed E-state index contributed by atoms with van der Waals surface area (Å²) in [6.07, 6.45) is 3.42. The van der Waals surface area contributed by atoms with Gasteiger partial charge in [-0.05, 0) is 49.9 Å². The van der Waals surface area contributed by atoms with E-state index in [9.17, 15) is 19.5 Å². The molecule has 2 aliphatic carbocycles. The smallest absolute Gasteiger partial charge is 0.313 e. The second kappa shape index (κ2) is 6.26. The molecule has 5 unspecified atom stereocenters. The zero-order valence-corrected chi connectivity index (χ0v) is 15.9. The van der Waals surface area contributed by atoms with Crippen LogP contribution in [0.1, 0.15) is 53.4 Å². The van der Waals surface area contributed by atoms with E-state index in [4.69, 9.17) is 4.74 Å². The van der Waals surface area contributed by atoms with E-state index in [1.165, 1.54) is 7.11 Å². The zero-order chi connectivity index (χ0) is 19.2. The van der Waals surface area contributed by atoms with E-state index in [1.54, 1.807) is 6.92 Å². The standard InChI is InChI=1S/C20H30O5/c1-12-7-8-14-19(4,15(12)16(22)25-6)10-9-13(18(2,3)11-21)20(14,5)17(23)24/h11,13-15H,1,7-10H2,2-6H3,(H,23,24). The molecule has 140 valence electrons. The monoisotopic (exact) mass is 350 g/mol. The normalized spacial score (nSPS) is 38.6.